The van der Waals surface area contributed by atoms with E-state index in [1.807, 2.05) is 75.4 Å². The van der Waals surface area contributed by atoms with Crippen molar-refractivity contribution in [3.63, 3.8) is 0 Å². The Balaban J connectivity index is 1.66. The number of nitrogens with two attached hydrogens (primary N) is 1. The van der Waals surface area contributed by atoms with E-state index in [4.69, 9.17) is 15.2 Å². The molecule has 0 aliphatic rings. The van der Waals surface area contributed by atoms with Crippen LogP contribution in [0.4, 0.5) is 11.5 Å². The molecule has 4 rings (SSSR count). The van der Waals surface area contributed by atoms with Crippen LogP contribution in [0, 0.1) is 5.92 Å². The summed E-state index contributed by atoms with van der Waals surface area (Å²) in [5.41, 5.74) is 9.98. The summed E-state index contributed by atoms with van der Waals surface area (Å²) in [6.07, 6.45) is 2.63. The first kappa shape index (κ1) is 28.7. The van der Waals surface area contributed by atoms with Gasteiger partial charge in [0.15, 0.2) is 11.5 Å². The van der Waals surface area contributed by atoms with Crippen LogP contribution in [0.3, 0.4) is 0 Å². The van der Waals surface area contributed by atoms with Gasteiger partial charge >= 0.3 is 0 Å². The third kappa shape index (κ3) is 7.23. The Hall–Kier alpha value is -4.26. The standard InChI is InChI=1S/C33H40N4O3/c1-6-39-30-19-25(11-14-29(30)40-22(4)5)31(37-27-12-13-28-24(18-27)15-16-35-32(28)34)33(38)36-20-26-10-8-7-9-23(26)17-21(2)3/h7-16,18-19,21-22,31,37H,6,17,20H2,1-5H3,(H2,34,35)(H,36,38). The number of hydrogen-bond acceptors (Lipinski definition) is 6. The molecule has 1 aromatic heterocycles. The number of anilines is 2. The van der Waals surface area contributed by atoms with E-state index in [1.165, 1.54) is 5.56 Å². The van der Waals surface area contributed by atoms with Crippen molar-refractivity contribution >= 4 is 28.2 Å². The van der Waals surface area contributed by atoms with Gasteiger partial charge in [-0.2, -0.15) is 0 Å². The lowest BCUT2D eigenvalue weighted by atomic mass is 9.98. The van der Waals surface area contributed by atoms with Crippen LogP contribution in [0.2, 0.25) is 0 Å². The van der Waals surface area contributed by atoms with Crippen molar-refractivity contribution in [3.05, 3.63) is 89.6 Å². The monoisotopic (exact) mass is 540 g/mol. The van der Waals surface area contributed by atoms with Gasteiger partial charge in [-0.05, 0) is 91.6 Å². The summed E-state index contributed by atoms with van der Waals surface area (Å²) in [7, 11) is 0. The van der Waals surface area contributed by atoms with E-state index in [9.17, 15) is 4.79 Å². The summed E-state index contributed by atoms with van der Waals surface area (Å²) in [5, 5.41) is 8.43. The highest BCUT2D eigenvalue weighted by atomic mass is 16.5. The van der Waals surface area contributed by atoms with E-state index >= 15 is 0 Å². The van der Waals surface area contributed by atoms with Crippen LogP contribution >= 0.6 is 0 Å². The minimum atomic E-state index is -0.679. The van der Waals surface area contributed by atoms with Crippen LogP contribution in [0.5, 0.6) is 11.5 Å². The fourth-order valence-electron chi connectivity index (χ4n) is 4.74. The van der Waals surface area contributed by atoms with Crippen molar-refractivity contribution in [2.75, 3.05) is 17.7 Å². The maximum atomic E-state index is 13.8. The Morgan fingerprint density at radius 2 is 1.73 bits per heavy atom. The lowest BCUT2D eigenvalue weighted by molar-refractivity contribution is -0.122. The number of aromatic nitrogens is 1. The number of pyridine rings is 1. The average molecular weight is 541 g/mol. The third-order valence-corrected chi connectivity index (χ3v) is 6.53. The molecule has 0 saturated carbocycles. The highest BCUT2D eigenvalue weighted by Gasteiger charge is 2.23. The molecule has 1 amide bonds. The van der Waals surface area contributed by atoms with E-state index in [0.717, 1.165) is 34.0 Å². The molecule has 4 aromatic rings. The van der Waals surface area contributed by atoms with Crippen LogP contribution in [0.25, 0.3) is 10.8 Å². The van der Waals surface area contributed by atoms with Gasteiger partial charge in [0.1, 0.15) is 11.9 Å². The van der Waals surface area contributed by atoms with E-state index in [1.54, 1.807) is 6.20 Å². The molecule has 0 bridgehead atoms. The van der Waals surface area contributed by atoms with Crippen molar-refractivity contribution in [1.29, 1.82) is 0 Å². The minimum absolute atomic E-state index is 0.00675. The molecule has 1 heterocycles. The molecule has 4 N–H and O–H groups in total. The largest absolute Gasteiger partial charge is 0.490 e. The van der Waals surface area contributed by atoms with E-state index in [2.05, 4.69) is 41.6 Å². The number of nitrogens with zero attached hydrogens (tertiary/aromatic N) is 1. The Morgan fingerprint density at radius 3 is 2.45 bits per heavy atom. The molecular weight excluding hydrogens is 500 g/mol. The van der Waals surface area contributed by atoms with Crippen LogP contribution in [0.15, 0.2) is 72.9 Å². The number of carbonyl (C=O) groups is 1. The molecule has 0 aliphatic carbocycles. The normalized spacial score (nSPS) is 12.0. The summed E-state index contributed by atoms with van der Waals surface area (Å²) in [6.45, 7) is 11.2. The number of ether oxygens (including phenoxy) is 2. The van der Waals surface area contributed by atoms with Gasteiger partial charge in [0.2, 0.25) is 5.91 Å². The molecule has 7 nitrogen and oxygen atoms in total. The minimum Gasteiger partial charge on any atom is -0.490 e. The third-order valence-electron chi connectivity index (χ3n) is 6.53. The second-order valence-electron chi connectivity index (χ2n) is 10.6. The summed E-state index contributed by atoms with van der Waals surface area (Å²) in [4.78, 5) is 18.0. The summed E-state index contributed by atoms with van der Waals surface area (Å²) >= 11 is 0. The molecule has 1 unspecified atom stereocenters. The van der Waals surface area contributed by atoms with Crippen LogP contribution in [0.1, 0.15) is 57.4 Å². The number of amides is 1. The zero-order valence-corrected chi connectivity index (χ0v) is 24.0. The first-order valence-electron chi connectivity index (χ1n) is 13.9. The second-order valence-corrected chi connectivity index (χ2v) is 10.6. The van der Waals surface area contributed by atoms with Gasteiger partial charge in [-0.1, -0.05) is 44.2 Å². The van der Waals surface area contributed by atoms with Gasteiger partial charge in [-0.25, -0.2) is 4.98 Å². The molecular formula is C33H40N4O3. The smallest absolute Gasteiger partial charge is 0.247 e. The fourth-order valence-corrected chi connectivity index (χ4v) is 4.74. The molecule has 0 saturated heterocycles. The molecule has 0 aliphatic heterocycles. The highest BCUT2D eigenvalue weighted by Crippen LogP contribution is 2.33. The van der Waals surface area contributed by atoms with Gasteiger partial charge in [-0.3, -0.25) is 4.79 Å². The Kier molecular flexibility index (Phi) is 9.48. The maximum absolute atomic E-state index is 13.8. The summed E-state index contributed by atoms with van der Waals surface area (Å²) in [6, 6.07) is 21.0. The van der Waals surface area contributed by atoms with Gasteiger partial charge in [0, 0.05) is 23.8 Å². The average Bonchev–Trinajstić information content (AvgIpc) is 2.92. The van der Waals surface area contributed by atoms with Gasteiger partial charge in [-0.15, -0.1) is 0 Å². The van der Waals surface area contributed by atoms with Crippen molar-refractivity contribution in [2.24, 2.45) is 5.92 Å². The van der Waals surface area contributed by atoms with Crippen LogP contribution in [-0.4, -0.2) is 23.6 Å². The summed E-state index contributed by atoms with van der Waals surface area (Å²) < 4.78 is 11.9. The van der Waals surface area contributed by atoms with E-state index < -0.39 is 6.04 Å². The maximum Gasteiger partial charge on any atom is 0.247 e. The number of nitrogens with one attached hydrogen (secondary N) is 2. The number of carbonyl (C=O) groups excluding carboxylic acids is 1. The van der Waals surface area contributed by atoms with Crippen molar-refractivity contribution in [3.8, 4) is 11.5 Å². The topological polar surface area (TPSA) is 98.5 Å². The number of rotatable bonds is 12. The van der Waals surface area contributed by atoms with E-state index in [-0.39, 0.29) is 12.0 Å². The second kappa shape index (κ2) is 13.2. The van der Waals surface area contributed by atoms with Crippen LogP contribution < -0.4 is 25.8 Å². The molecule has 1 atom stereocenters. The van der Waals surface area contributed by atoms with E-state index in [0.29, 0.717) is 36.4 Å². The van der Waals surface area contributed by atoms with Gasteiger partial charge in [0.25, 0.3) is 0 Å². The predicted octanol–water partition coefficient (Wildman–Crippen LogP) is 6.67. The first-order chi connectivity index (χ1) is 19.2. The molecule has 0 spiro atoms. The van der Waals surface area contributed by atoms with Crippen LogP contribution in [-0.2, 0) is 17.8 Å². The van der Waals surface area contributed by atoms with Gasteiger partial charge < -0.3 is 25.8 Å². The molecule has 0 fully saturated rings. The predicted molar refractivity (Wildman–Crippen MR) is 163 cm³/mol. The number of nitrogen functional groups attached to an aromatic ring is 1. The molecule has 7 heteroatoms. The van der Waals surface area contributed by atoms with Crippen molar-refractivity contribution in [2.45, 2.75) is 59.7 Å². The Bertz CT molecular complexity index is 1450. The SMILES string of the molecule is CCOc1cc(C(Nc2ccc3c(N)nccc3c2)C(=O)NCc2ccccc2CC(C)C)ccc1OC(C)C. The fraction of sp³-hybridized carbons (Fsp3) is 0.333. The molecule has 3 aromatic carbocycles. The first-order valence-corrected chi connectivity index (χ1v) is 13.9. The molecule has 0 radical (unpaired) electrons. The lowest BCUT2D eigenvalue weighted by Crippen LogP contribution is -2.33. The zero-order chi connectivity index (χ0) is 28.6. The quantitative estimate of drug-likeness (QED) is 0.186. The number of hydrogen-bond donors (Lipinski definition) is 3. The molecule has 40 heavy (non-hydrogen) atoms. The Morgan fingerprint density at radius 1 is 0.950 bits per heavy atom. The number of benzene rings is 3. The van der Waals surface area contributed by atoms with Crippen molar-refractivity contribution < 1.29 is 14.3 Å². The molecule has 210 valence electrons. The Labute approximate surface area is 237 Å². The zero-order valence-electron chi connectivity index (χ0n) is 24.0. The van der Waals surface area contributed by atoms with Crippen molar-refractivity contribution in [1.82, 2.24) is 10.3 Å². The lowest BCUT2D eigenvalue weighted by Gasteiger charge is -2.23. The van der Waals surface area contributed by atoms with Gasteiger partial charge in [0.05, 0.1) is 12.7 Å². The summed E-state index contributed by atoms with van der Waals surface area (Å²) in [5.74, 6) is 2.10. The number of fused-ring (bicyclic) bond motifs is 1. The highest BCUT2D eigenvalue weighted by molar-refractivity contribution is 5.94.